The van der Waals surface area contributed by atoms with E-state index in [0.29, 0.717) is 11.7 Å². The van der Waals surface area contributed by atoms with E-state index < -0.39 is 12.0 Å². The summed E-state index contributed by atoms with van der Waals surface area (Å²) in [6.07, 6.45) is -0.747. The van der Waals surface area contributed by atoms with Gasteiger partial charge in [-0.1, -0.05) is 87.1 Å². The highest BCUT2D eigenvalue weighted by Gasteiger charge is 2.18. The number of ether oxygens (including phenoxy) is 1. The van der Waals surface area contributed by atoms with Gasteiger partial charge in [0.15, 0.2) is 11.0 Å². The molecule has 0 bridgehead atoms. The van der Waals surface area contributed by atoms with Gasteiger partial charge in [-0.25, -0.2) is 4.79 Å². The molecule has 3 aromatic rings. The van der Waals surface area contributed by atoms with E-state index in [0.717, 1.165) is 17.0 Å². The third-order valence-electron chi connectivity index (χ3n) is 4.76. The minimum absolute atomic E-state index is 0.0225. The molecule has 1 aromatic heterocycles. The average molecular weight is 453 g/mol. The maximum atomic E-state index is 12.1. The molecule has 32 heavy (non-hydrogen) atoms. The second kappa shape index (κ2) is 10.5. The van der Waals surface area contributed by atoms with Gasteiger partial charge in [0.1, 0.15) is 0 Å². The van der Waals surface area contributed by atoms with Crippen LogP contribution in [0.2, 0.25) is 0 Å². The number of carbonyl (C=O) groups is 2. The van der Waals surface area contributed by atoms with Crippen molar-refractivity contribution in [1.82, 2.24) is 20.1 Å². The average Bonchev–Trinajstić information content (AvgIpc) is 3.15. The lowest BCUT2D eigenvalue weighted by atomic mass is 9.87. The second-order valence-electron chi connectivity index (χ2n) is 8.26. The van der Waals surface area contributed by atoms with E-state index in [2.05, 4.69) is 48.4 Å². The van der Waals surface area contributed by atoms with Crippen LogP contribution in [0.4, 0.5) is 4.79 Å². The molecule has 0 spiro atoms. The lowest BCUT2D eigenvalue weighted by Crippen LogP contribution is -2.32. The normalized spacial score (nSPS) is 11.2. The zero-order valence-electron chi connectivity index (χ0n) is 18.8. The van der Waals surface area contributed by atoms with E-state index in [4.69, 9.17) is 4.74 Å². The van der Waals surface area contributed by atoms with Crippen molar-refractivity contribution < 1.29 is 14.3 Å². The van der Waals surface area contributed by atoms with E-state index in [9.17, 15) is 9.59 Å². The molecule has 0 saturated heterocycles. The van der Waals surface area contributed by atoms with Gasteiger partial charge in [-0.2, -0.15) is 0 Å². The van der Waals surface area contributed by atoms with Gasteiger partial charge >= 0.3 is 6.09 Å². The summed E-state index contributed by atoms with van der Waals surface area (Å²) < 4.78 is 6.74. The minimum atomic E-state index is -0.747. The summed E-state index contributed by atoms with van der Waals surface area (Å²) >= 11 is 1.23. The van der Waals surface area contributed by atoms with Gasteiger partial charge in [-0.15, -0.1) is 10.2 Å². The molecule has 168 valence electrons. The molecule has 0 aliphatic heterocycles. The fourth-order valence-electron chi connectivity index (χ4n) is 3.08. The van der Waals surface area contributed by atoms with E-state index in [1.165, 1.54) is 17.3 Å². The maximum Gasteiger partial charge on any atom is 0.413 e. The lowest BCUT2D eigenvalue weighted by Gasteiger charge is -2.19. The molecule has 0 saturated carbocycles. The molecule has 1 heterocycles. The molecule has 7 nitrogen and oxygen atoms in total. The van der Waals surface area contributed by atoms with Crippen molar-refractivity contribution in [2.24, 2.45) is 0 Å². The zero-order chi connectivity index (χ0) is 23.1. The number of hydrogen-bond acceptors (Lipinski definition) is 6. The van der Waals surface area contributed by atoms with Crippen LogP contribution in [0.1, 0.15) is 38.8 Å². The van der Waals surface area contributed by atoms with Gasteiger partial charge in [0.05, 0.1) is 18.9 Å². The predicted octanol–water partition coefficient (Wildman–Crippen LogP) is 4.66. The predicted molar refractivity (Wildman–Crippen MR) is 126 cm³/mol. The Hall–Kier alpha value is -3.13. The number of thioether (sulfide) groups is 1. The minimum Gasteiger partial charge on any atom is -0.450 e. The van der Waals surface area contributed by atoms with Crippen LogP contribution in [-0.2, 0) is 21.5 Å². The Bertz CT molecular complexity index is 1060. The number of hydrogen-bond donors (Lipinski definition) is 1. The van der Waals surface area contributed by atoms with Gasteiger partial charge in [-0.3, -0.25) is 14.7 Å². The number of imide groups is 1. The largest absolute Gasteiger partial charge is 0.450 e. The first-order valence-corrected chi connectivity index (χ1v) is 11.4. The molecule has 1 N–H and O–H groups in total. The number of carbonyl (C=O) groups excluding carboxylic acids is 2. The van der Waals surface area contributed by atoms with Crippen molar-refractivity contribution in [3.05, 3.63) is 65.7 Å². The number of rotatable bonds is 7. The highest BCUT2D eigenvalue weighted by Crippen LogP contribution is 2.28. The Labute approximate surface area is 192 Å². The summed E-state index contributed by atoms with van der Waals surface area (Å²) in [5.41, 5.74) is 3.34. The first kappa shape index (κ1) is 23.5. The molecule has 8 heteroatoms. The Morgan fingerprint density at radius 3 is 2.34 bits per heavy atom. The third kappa shape index (κ3) is 6.20. The highest BCUT2D eigenvalue weighted by molar-refractivity contribution is 7.99. The van der Waals surface area contributed by atoms with Crippen LogP contribution in [0.3, 0.4) is 0 Å². The third-order valence-corrected chi connectivity index (χ3v) is 5.73. The van der Waals surface area contributed by atoms with Crippen LogP contribution in [0.5, 0.6) is 0 Å². The monoisotopic (exact) mass is 452 g/mol. The van der Waals surface area contributed by atoms with Gasteiger partial charge in [-0.05, 0) is 23.5 Å². The van der Waals surface area contributed by atoms with Crippen molar-refractivity contribution >= 4 is 23.8 Å². The number of aromatic nitrogens is 3. The van der Waals surface area contributed by atoms with Crippen LogP contribution in [0, 0.1) is 0 Å². The van der Waals surface area contributed by atoms with Crippen molar-refractivity contribution in [2.75, 3.05) is 12.4 Å². The Morgan fingerprint density at radius 2 is 1.72 bits per heavy atom. The molecular formula is C24H28N4O3S. The number of alkyl carbamates (subject to hydrolysis) is 1. The highest BCUT2D eigenvalue weighted by atomic mass is 32.2. The van der Waals surface area contributed by atoms with Crippen molar-refractivity contribution in [1.29, 1.82) is 0 Å². The molecule has 0 aliphatic carbocycles. The number of amides is 2. The molecule has 0 aliphatic rings. The molecular weight excluding hydrogens is 424 g/mol. The zero-order valence-corrected chi connectivity index (χ0v) is 19.6. The summed E-state index contributed by atoms with van der Waals surface area (Å²) in [5, 5.41) is 11.5. The summed E-state index contributed by atoms with van der Waals surface area (Å²) in [4.78, 5) is 23.6. The fraction of sp³-hybridized carbons (Fsp3) is 0.333. The van der Waals surface area contributed by atoms with Crippen LogP contribution in [0.15, 0.2) is 59.8 Å². The van der Waals surface area contributed by atoms with Crippen LogP contribution in [-0.4, -0.2) is 39.1 Å². The first-order chi connectivity index (χ1) is 15.3. The quantitative estimate of drug-likeness (QED) is 0.525. The van der Waals surface area contributed by atoms with Gasteiger partial charge in [0.2, 0.25) is 5.91 Å². The van der Waals surface area contributed by atoms with Crippen LogP contribution >= 0.6 is 11.8 Å². The van der Waals surface area contributed by atoms with E-state index in [-0.39, 0.29) is 17.8 Å². The molecule has 3 rings (SSSR count). The van der Waals surface area contributed by atoms with Crippen LogP contribution in [0.25, 0.3) is 11.4 Å². The summed E-state index contributed by atoms with van der Waals surface area (Å²) in [6, 6.07) is 18.3. The summed E-state index contributed by atoms with van der Waals surface area (Å²) in [7, 11) is 0. The molecule has 0 radical (unpaired) electrons. The number of nitrogens with one attached hydrogen (secondary N) is 1. The van der Waals surface area contributed by atoms with Gasteiger partial charge in [0.25, 0.3) is 0 Å². The second-order valence-corrected chi connectivity index (χ2v) is 9.21. The summed E-state index contributed by atoms with van der Waals surface area (Å²) in [6.45, 7) is 8.98. The van der Waals surface area contributed by atoms with Crippen LogP contribution < -0.4 is 5.32 Å². The topological polar surface area (TPSA) is 86.1 Å². The van der Waals surface area contributed by atoms with E-state index in [1.807, 2.05) is 47.0 Å². The van der Waals surface area contributed by atoms with E-state index in [1.54, 1.807) is 6.92 Å². The number of benzene rings is 2. The Morgan fingerprint density at radius 1 is 1.03 bits per heavy atom. The summed E-state index contributed by atoms with van der Waals surface area (Å²) in [5.74, 6) is 0.302. The Balaban J connectivity index is 1.85. The molecule has 2 aromatic carbocycles. The maximum absolute atomic E-state index is 12.1. The Kier molecular flexibility index (Phi) is 7.69. The molecule has 0 unspecified atom stereocenters. The van der Waals surface area contributed by atoms with Gasteiger partial charge in [0, 0.05) is 5.56 Å². The fourth-order valence-corrected chi connectivity index (χ4v) is 3.82. The SMILES string of the molecule is CCOC(=O)NC(=O)CSc1nnc(-c2ccc(C(C)(C)C)cc2)n1Cc1ccccc1. The number of nitrogens with zero attached hydrogens (tertiary/aromatic N) is 3. The molecule has 0 fully saturated rings. The molecule has 0 atom stereocenters. The lowest BCUT2D eigenvalue weighted by molar-refractivity contribution is -0.117. The van der Waals surface area contributed by atoms with E-state index >= 15 is 0 Å². The van der Waals surface area contributed by atoms with Gasteiger partial charge < -0.3 is 4.74 Å². The van der Waals surface area contributed by atoms with Crippen molar-refractivity contribution in [2.45, 2.75) is 44.8 Å². The smallest absolute Gasteiger partial charge is 0.413 e. The first-order valence-electron chi connectivity index (χ1n) is 10.5. The van der Waals surface area contributed by atoms with Crippen molar-refractivity contribution in [3.63, 3.8) is 0 Å². The van der Waals surface area contributed by atoms with Crippen molar-refractivity contribution in [3.8, 4) is 11.4 Å². The molecule has 2 amide bonds. The standard InChI is InChI=1S/C24H28N4O3S/c1-5-31-23(30)25-20(29)16-32-22-27-26-21(28(22)15-17-9-7-6-8-10-17)18-11-13-19(14-12-18)24(2,3)4/h6-14H,5,15-16H2,1-4H3,(H,25,29,30).